The Morgan fingerprint density at radius 2 is 1.12 bits per heavy atom. The largest absolute Gasteiger partial charge is 0.519 e. The van der Waals surface area contributed by atoms with Crippen LogP contribution in [0.3, 0.4) is 0 Å². The maximum atomic E-state index is 13.6. The van der Waals surface area contributed by atoms with Gasteiger partial charge in [0.25, 0.3) is 5.79 Å². The Morgan fingerprint density at radius 1 is 0.593 bits per heavy atom. The van der Waals surface area contributed by atoms with E-state index in [0.717, 1.165) is 11.1 Å². The molecule has 0 spiro atoms. The van der Waals surface area contributed by atoms with Crippen molar-refractivity contribution in [3.05, 3.63) is 160 Å². The van der Waals surface area contributed by atoms with Gasteiger partial charge in [-0.05, 0) is 47.2 Å². The zero-order chi connectivity index (χ0) is 42.4. The summed E-state index contributed by atoms with van der Waals surface area (Å²) >= 11 is 0. The monoisotopic (exact) mass is 794 g/mol. The lowest BCUT2D eigenvalue weighted by Gasteiger charge is -2.34. The molecule has 12 nitrogen and oxygen atoms in total. The van der Waals surface area contributed by atoms with Crippen LogP contribution in [0, 0.1) is 0 Å². The van der Waals surface area contributed by atoms with E-state index in [1.165, 1.54) is 32.0 Å². The summed E-state index contributed by atoms with van der Waals surface area (Å²) in [6.45, 7) is 10.6. The normalized spacial score (nSPS) is 19.1. The van der Waals surface area contributed by atoms with Gasteiger partial charge in [0.2, 0.25) is 34.7 Å². The Morgan fingerprint density at radius 3 is 1.69 bits per heavy atom. The number of para-hydroxylation sites is 1. The summed E-state index contributed by atoms with van der Waals surface area (Å²) in [7, 11) is 0. The number of amides is 2. The molecule has 3 N–H and O–H groups in total. The van der Waals surface area contributed by atoms with Gasteiger partial charge in [0, 0.05) is 47.2 Å². The van der Waals surface area contributed by atoms with Crippen LogP contribution in [0.4, 0.5) is 4.79 Å². The van der Waals surface area contributed by atoms with E-state index in [4.69, 9.17) is 14.2 Å². The van der Waals surface area contributed by atoms with Gasteiger partial charge in [-0.15, -0.1) is 0 Å². The summed E-state index contributed by atoms with van der Waals surface area (Å²) in [6.07, 6.45) is -1.04. The smallest absolute Gasteiger partial charge is 0.454 e. The van der Waals surface area contributed by atoms with Gasteiger partial charge in [-0.1, -0.05) is 119 Å². The van der Waals surface area contributed by atoms with E-state index in [1.54, 1.807) is 84.9 Å². The minimum Gasteiger partial charge on any atom is -0.454 e. The van der Waals surface area contributed by atoms with E-state index >= 15 is 0 Å². The molecular formula is C47H42N2O10. The zero-order valence-corrected chi connectivity index (χ0v) is 33.2. The van der Waals surface area contributed by atoms with E-state index in [0.29, 0.717) is 22.4 Å². The van der Waals surface area contributed by atoms with E-state index in [2.05, 4.69) is 24.5 Å². The molecule has 0 saturated carbocycles. The summed E-state index contributed by atoms with van der Waals surface area (Å²) in [6, 6.07) is 31.8. The topological polar surface area (TPSA) is 174 Å². The number of carbonyl (C=O) groups is 6. The predicted molar refractivity (Wildman–Crippen MR) is 216 cm³/mol. The molecule has 5 aromatic carbocycles. The van der Waals surface area contributed by atoms with Gasteiger partial charge in [-0.2, -0.15) is 0 Å². The lowest BCUT2D eigenvalue weighted by molar-refractivity contribution is -0.175. The number of carbonyl (C=O) groups excluding carboxylic acids is 6. The Hall–Kier alpha value is -6.92. The molecule has 2 unspecified atom stereocenters. The van der Waals surface area contributed by atoms with Crippen LogP contribution in [0.5, 0.6) is 17.2 Å². The molecule has 0 bridgehead atoms. The van der Waals surface area contributed by atoms with Crippen molar-refractivity contribution in [1.29, 1.82) is 0 Å². The fourth-order valence-corrected chi connectivity index (χ4v) is 7.96. The second-order valence-corrected chi connectivity index (χ2v) is 15.3. The molecule has 0 saturated heterocycles. The number of fused-ring (bicyclic) bond motifs is 6. The van der Waals surface area contributed by atoms with Crippen LogP contribution in [0.15, 0.2) is 115 Å². The second kappa shape index (κ2) is 15.1. The Kier molecular flexibility index (Phi) is 10.3. The van der Waals surface area contributed by atoms with Crippen LogP contribution < -0.4 is 24.8 Å². The van der Waals surface area contributed by atoms with Crippen molar-refractivity contribution < 1.29 is 48.1 Å². The fourth-order valence-electron chi connectivity index (χ4n) is 7.96. The molecule has 0 aromatic heterocycles. The zero-order valence-electron chi connectivity index (χ0n) is 33.2. The van der Waals surface area contributed by atoms with Crippen molar-refractivity contribution >= 4 is 35.3 Å². The Bertz CT molecular complexity index is 2530. The van der Waals surface area contributed by atoms with Gasteiger partial charge in [0.15, 0.2) is 5.54 Å². The Balaban J connectivity index is 0.000000187. The summed E-state index contributed by atoms with van der Waals surface area (Å²) in [5.41, 5.74) is -0.243. The average molecular weight is 795 g/mol. The fraction of sp³-hybridized carbons (Fsp3) is 0.234. The molecule has 0 radical (unpaired) electrons. The molecule has 2 aliphatic carbocycles. The highest BCUT2D eigenvalue weighted by Gasteiger charge is 2.71. The van der Waals surface area contributed by atoms with E-state index < -0.39 is 46.4 Å². The van der Waals surface area contributed by atoms with Gasteiger partial charge in [-0.25, -0.2) is 4.79 Å². The first-order valence-corrected chi connectivity index (χ1v) is 19.1. The first-order valence-electron chi connectivity index (χ1n) is 19.1. The highest BCUT2D eigenvalue weighted by molar-refractivity contribution is 6.34. The molecule has 12 heteroatoms. The number of benzene rings is 5. The molecule has 2 atom stereocenters. The lowest BCUT2D eigenvalue weighted by Crippen LogP contribution is -2.59. The number of ketones is 3. The number of hydrogen-bond acceptors (Lipinski definition) is 10. The molecule has 59 heavy (non-hydrogen) atoms. The summed E-state index contributed by atoms with van der Waals surface area (Å²) in [4.78, 5) is 77.3. The van der Waals surface area contributed by atoms with Crippen molar-refractivity contribution in [1.82, 2.24) is 10.6 Å². The minimum atomic E-state index is -2.06. The first-order chi connectivity index (χ1) is 28.0. The van der Waals surface area contributed by atoms with Gasteiger partial charge in [-0.3, -0.25) is 24.0 Å². The molecular weight excluding hydrogens is 753 g/mol. The maximum absolute atomic E-state index is 13.6. The maximum Gasteiger partial charge on any atom is 0.519 e. The van der Waals surface area contributed by atoms with Crippen molar-refractivity contribution in [3.63, 3.8) is 0 Å². The molecule has 3 aliphatic rings. The number of ether oxygens (including phenoxy) is 3. The average Bonchev–Trinajstić information content (AvgIpc) is 3.65. The summed E-state index contributed by atoms with van der Waals surface area (Å²) < 4.78 is 16.7. The third-order valence-corrected chi connectivity index (χ3v) is 10.8. The Labute approximate surface area is 340 Å². The van der Waals surface area contributed by atoms with Crippen LogP contribution in [0.25, 0.3) is 0 Å². The summed E-state index contributed by atoms with van der Waals surface area (Å²) in [5.74, 6) is -3.53. The lowest BCUT2D eigenvalue weighted by atomic mass is 9.82. The van der Waals surface area contributed by atoms with Crippen LogP contribution in [0.2, 0.25) is 0 Å². The molecule has 2 amide bonds. The van der Waals surface area contributed by atoms with Crippen molar-refractivity contribution in [2.45, 2.75) is 70.2 Å². The molecule has 8 rings (SSSR count). The van der Waals surface area contributed by atoms with Gasteiger partial charge < -0.3 is 30.0 Å². The predicted octanol–water partition coefficient (Wildman–Crippen LogP) is 7.37. The van der Waals surface area contributed by atoms with Crippen LogP contribution in [-0.2, 0) is 26.5 Å². The highest BCUT2D eigenvalue weighted by Crippen LogP contribution is 2.58. The summed E-state index contributed by atoms with van der Waals surface area (Å²) in [5, 5.41) is 16.7. The van der Waals surface area contributed by atoms with Crippen LogP contribution in [-0.4, -0.2) is 40.4 Å². The standard InChI is InChI=1S/C27H23NO6.C20H19NO4/c1-16(2)18-13-14-22(23(15-18)34-26(32)33-19-9-5-4-6-10-19)27(28-17(3)29)24(30)20-11-7-8-12-21(20)25(27)31;1-11(2)13-8-9-16-17(10-13)25-20(24)15-7-5-4-6-14(15)18(23)19(16,20)21-12(3)22/h4-16H,1-3H3,(H,28,29);4-11,24H,1-3H3,(H,21,22). The number of rotatable bonds is 7. The van der Waals surface area contributed by atoms with Gasteiger partial charge in [0.1, 0.15) is 17.2 Å². The molecule has 1 heterocycles. The van der Waals surface area contributed by atoms with E-state index in [-0.39, 0.29) is 45.8 Å². The van der Waals surface area contributed by atoms with Crippen molar-refractivity contribution in [2.75, 3.05) is 0 Å². The third-order valence-electron chi connectivity index (χ3n) is 10.8. The van der Waals surface area contributed by atoms with Crippen molar-refractivity contribution in [3.8, 4) is 17.2 Å². The SMILES string of the molecule is CC(=O)NC1(c2ccc(C(C)C)cc2OC(=O)Oc2ccccc2)C(=O)c2ccccc2C1=O.CC(=O)NC12C(=O)c3ccccc3C1(O)Oc1cc(C(C)C)ccc12. The number of hydrogen-bond donors (Lipinski definition) is 3. The molecule has 0 fully saturated rings. The quantitative estimate of drug-likeness (QED) is 0.0857. The van der Waals surface area contributed by atoms with E-state index in [9.17, 15) is 33.9 Å². The van der Waals surface area contributed by atoms with Gasteiger partial charge >= 0.3 is 6.16 Å². The molecule has 5 aromatic rings. The van der Waals surface area contributed by atoms with Crippen LogP contribution in [0.1, 0.15) is 112 Å². The third kappa shape index (κ3) is 6.55. The highest BCUT2D eigenvalue weighted by atomic mass is 16.7. The van der Waals surface area contributed by atoms with E-state index in [1.807, 2.05) is 26.0 Å². The van der Waals surface area contributed by atoms with Gasteiger partial charge in [0.05, 0.1) is 0 Å². The number of nitrogens with one attached hydrogen (secondary N) is 2. The number of aliphatic hydroxyl groups is 1. The number of Topliss-reactive ketones (excluding diaryl/α,β-unsaturated/α-hetero) is 3. The van der Waals surface area contributed by atoms with Crippen molar-refractivity contribution in [2.24, 2.45) is 0 Å². The van der Waals surface area contributed by atoms with Crippen LogP contribution >= 0.6 is 0 Å². The molecule has 1 aliphatic heterocycles. The second-order valence-electron chi connectivity index (χ2n) is 15.3. The molecule has 300 valence electrons. The first kappa shape index (κ1) is 40.3. The minimum absolute atomic E-state index is 0.0459.